The number of fused-ring (bicyclic) bond motifs is 2. The molecule has 10 nitrogen and oxygen atoms in total. The average Bonchev–Trinajstić information content (AvgIpc) is 3.54. The second-order valence-corrected chi connectivity index (χ2v) is 10.4. The highest BCUT2D eigenvalue weighted by Crippen LogP contribution is 2.46. The molecule has 1 N–H and O–H groups in total. The molecule has 0 unspecified atom stereocenters. The van der Waals surface area contributed by atoms with Crippen LogP contribution >= 0.6 is 11.3 Å². The van der Waals surface area contributed by atoms with Crippen molar-refractivity contribution in [3.8, 4) is 28.7 Å². The first-order chi connectivity index (χ1) is 20.4. The monoisotopic (exact) mass is 588 g/mol. The number of aromatic nitrogens is 1. The van der Waals surface area contributed by atoms with Gasteiger partial charge >= 0.3 is 5.91 Å². The Morgan fingerprint density at radius 3 is 2.50 bits per heavy atom. The van der Waals surface area contributed by atoms with Gasteiger partial charge in [0.1, 0.15) is 24.7 Å². The van der Waals surface area contributed by atoms with E-state index in [2.05, 4.69) is 4.98 Å². The average molecular weight is 589 g/mol. The molecule has 1 aromatic heterocycles. The molecule has 2 aliphatic heterocycles. The molecule has 0 saturated carbocycles. The largest absolute Gasteiger partial charge is 0.507 e. The summed E-state index contributed by atoms with van der Waals surface area (Å²) in [6.07, 6.45) is 0. The third-order valence-electron chi connectivity index (χ3n) is 6.93. The van der Waals surface area contributed by atoms with Crippen LogP contribution in [-0.4, -0.2) is 55.3 Å². The number of hydrogen-bond acceptors (Lipinski definition) is 10. The number of methoxy groups -OCH3 is 1. The number of ether oxygens (including phenoxy) is 5. The van der Waals surface area contributed by atoms with Gasteiger partial charge in [0.15, 0.2) is 28.1 Å². The van der Waals surface area contributed by atoms with E-state index in [-0.39, 0.29) is 11.3 Å². The summed E-state index contributed by atoms with van der Waals surface area (Å²) in [6.45, 7) is 5.30. The molecule has 1 fully saturated rings. The number of amides is 1. The summed E-state index contributed by atoms with van der Waals surface area (Å²) in [7, 11) is 1.57. The van der Waals surface area contributed by atoms with Crippen LogP contribution in [0.2, 0.25) is 0 Å². The first-order valence-electron chi connectivity index (χ1n) is 13.5. The van der Waals surface area contributed by atoms with Crippen molar-refractivity contribution in [3.63, 3.8) is 0 Å². The fraction of sp³-hybridized carbons (Fsp3) is 0.258. The van der Waals surface area contributed by atoms with E-state index in [1.807, 2.05) is 19.9 Å². The first-order valence-corrected chi connectivity index (χ1v) is 14.3. The smallest absolute Gasteiger partial charge is 0.301 e. The number of carbonyl (C=O) groups is 2. The van der Waals surface area contributed by atoms with Crippen molar-refractivity contribution in [2.45, 2.75) is 19.9 Å². The predicted molar refractivity (Wildman–Crippen MR) is 157 cm³/mol. The van der Waals surface area contributed by atoms with Gasteiger partial charge in [-0.15, -0.1) is 0 Å². The fourth-order valence-corrected chi connectivity index (χ4v) is 6.07. The van der Waals surface area contributed by atoms with Crippen molar-refractivity contribution in [3.05, 3.63) is 71.3 Å². The van der Waals surface area contributed by atoms with Crippen LogP contribution in [0.3, 0.4) is 0 Å². The molecule has 216 valence electrons. The van der Waals surface area contributed by atoms with Gasteiger partial charge in [-0.1, -0.05) is 17.4 Å². The number of aliphatic hydroxyl groups excluding tert-OH is 1. The lowest BCUT2D eigenvalue weighted by Gasteiger charge is -2.24. The molecule has 3 aromatic carbocycles. The van der Waals surface area contributed by atoms with Crippen LogP contribution in [0.1, 0.15) is 31.0 Å². The molecule has 0 aliphatic carbocycles. The summed E-state index contributed by atoms with van der Waals surface area (Å²) in [6, 6.07) is 14.5. The summed E-state index contributed by atoms with van der Waals surface area (Å²) < 4.78 is 29.0. The fourth-order valence-electron chi connectivity index (χ4n) is 5.05. The Morgan fingerprint density at radius 1 is 0.976 bits per heavy atom. The molecule has 6 rings (SSSR count). The van der Waals surface area contributed by atoms with E-state index in [0.717, 1.165) is 4.70 Å². The molecule has 2 aliphatic rings. The lowest BCUT2D eigenvalue weighted by molar-refractivity contribution is -0.132. The number of carbonyl (C=O) groups excluding carboxylic acids is 2. The first kappa shape index (κ1) is 27.4. The van der Waals surface area contributed by atoms with Gasteiger partial charge in [-0.2, -0.15) is 0 Å². The lowest BCUT2D eigenvalue weighted by Crippen LogP contribution is -2.29. The molecule has 3 heterocycles. The molecule has 0 radical (unpaired) electrons. The molecule has 1 saturated heterocycles. The topological polar surface area (TPSA) is 117 Å². The molecular weight excluding hydrogens is 560 g/mol. The van der Waals surface area contributed by atoms with E-state index in [1.54, 1.807) is 55.6 Å². The predicted octanol–water partition coefficient (Wildman–Crippen LogP) is 5.50. The van der Waals surface area contributed by atoms with Crippen molar-refractivity contribution in [1.29, 1.82) is 0 Å². The van der Waals surface area contributed by atoms with Crippen molar-refractivity contribution in [2.24, 2.45) is 0 Å². The third kappa shape index (κ3) is 4.75. The van der Waals surface area contributed by atoms with Gasteiger partial charge < -0.3 is 28.8 Å². The van der Waals surface area contributed by atoms with Crippen LogP contribution in [0, 0.1) is 0 Å². The van der Waals surface area contributed by atoms with Crippen LogP contribution in [-0.2, 0) is 9.59 Å². The van der Waals surface area contributed by atoms with Crippen LogP contribution in [0.25, 0.3) is 16.0 Å². The highest BCUT2D eigenvalue weighted by atomic mass is 32.1. The highest BCUT2D eigenvalue weighted by Gasteiger charge is 2.48. The summed E-state index contributed by atoms with van der Waals surface area (Å²) >= 11 is 1.25. The summed E-state index contributed by atoms with van der Waals surface area (Å²) in [4.78, 5) is 33.4. The highest BCUT2D eigenvalue weighted by molar-refractivity contribution is 7.22. The molecular formula is C31H28N2O8S. The third-order valence-corrected chi connectivity index (χ3v) is 7.95. The normalized spacial score (nSPS) is 17.5. The van der Waals surface area contributed by atoms with Gasteiger partial charge in [-0.05, 0) is 67.9 Å². The maximum absolute atomic E-state index is 13.7. The lowest BCUT2D eigenvalue weighted by atomic mass is 9.95. The molecule has 4 aromatic rings. The summed E-state index contributed by atoms with van der Waals surface area (Å²) in [5.41, 5.74) is 1.41. The van der Waals surface area contributed by atoms with Gasteiger partial charge in [0.2, 0.25) is 0 Å². The number of aliphatic hydroxyl groups is 1. The maximum atomic E-state index is 13.7. The molecule has 0 bridgehead atoms. The van der Waals surface area contributed by atoms with Gasteiger partial charge in [0, 0.05) is 5.56 Å². The number of anilines is 1. The zero-order chi connectivity index (χ0) is 29.4. The van der Waals surface area contributed by atoms with Crippen LogP contribution in [0.5, 0.6) is 28.7 Å². The molecule has 42 heavy (non-hydrogen) atoms. The van der Waals surface area contributed by atoms with E-state index in [9.17, 15) is 14.7 Å². The van der Waals surface area contributed by atoms with Gasteiger partial charge in [-0.3, -0.25) is 14.5 Å². The van der Waals surface area contributed by atoms with Gasteiger partial charge in [-0.25, -0.2) is 4.98 Å². The van der Waals surface area contributed by atoms with E-state index in [1.165, 1.54) is 16.2 Å². The summed E-state index contributed by atoms with van der Waals surface area (Å²) in [5.74, 6) is 0.613. The Balaban J connectivity index is 1.54. The Kier molecular flexibility index (Phi) is 7.34. The number of rotatable bonds is 8. The van der Waals surface area contributed by atoms with Crippen molar-refractivity contribution >= 4 is 44.1 Å². The van der Waals surface area contributed by atoms with E-state index in [4.69, 9.17) is 23.7 Å². The number of Topliss-reactive ketones (excluding diaryl/α,β-unsaturated/α-hetero) is 1. The van der Waals surface area contributed by atoms with Gasteiger partial charge in [0.25, 0.3) is 5.78 Å². The molecule has 1 atom stereocenters. The minimum atomic E-state index is -1.00. The maximum Gasteiger partial charge on any atom is 0.301 e. The van der Waals surface area contributed by atoms with Crippen LogP contribution in [0.15, 0.2) is 60.2 Å². The van der Waals surface area contributed by atoms with Crippen LogP contribution in [0.4, 0.5) is 5.13 Å². The van der Waals surface area contributed by atoms with Crippen molar-refractivity contribution in [1.82, 2.24) is 4.98 Å². The van der Waals surface area contributed by atoms with E-state index in [0.29, 0.717) is 77.0 Å². The zero-order valence-corrected chi connectivity index (χ0v) is 24.0. The second kappa shape index (κ2) is 11.2. The van der Waals surface area contributed by atoms with Gasteiger partial charge in [0.05, 0.1) is 42.2 Å². The number of thiazole rings is 1. The Morgan fingerprint density at radius 2 is 1.74 bits per heavy atom. The second-order valence-electron chi connectivity index (χ2n) is 9.43. The Labute approximate surface area is 245 Å². The van der Waals surface area contributed by atoms with E-state index < -0.39 is 17.7 Å². The van der Waals surface area contributed by atoms with Crippen molar-refractivity contribution < 1.29 is 38.4 Å². The molecule has 1 amide bonds. The van der Waals surface area contributed by atoms with Crippen molar-refractivity contribution in [2.75, 3.05) is 38.4 Å². The summed E-state index contributed by atoms with van der Waals surface area (Å²) in [5, 5.41) is 11.9. The minimum Gasteiger partial charge on any atom is -0.507 e. The van der Waals surface area contributed by atoms with Crippen LogP contribution < -0.4 is 28.6 Å². The molecule has 0 spiro atoms. The zero-order valence-electron chi connectivity index (χ0n) is 23.2. The SMILES string of the molecule is CCOc1ccc([C@@H]2C(=C(O)c3ccc4c(c3)OCCO4)C(=O)C(=O)N2c2nc3ccc(OC)cc3s2)cc1OCC. The number of ketones is 1. The quantitative estimate of drug-likeness (QED) is 0.162. The number of benzene rings is 3. The van der Waals surface area contributed by atoms with E-state index >= 15 is 0 Å². The Bertz CT molecular complexity index is 1730. The Hall–Kier alpha value is -4.77. The molecule has 11 heteroatoms. The number of nitrogens with zero attached hydrogens (tertiary/aromatic N) is 2. The minimum absolute atomic E-state index is 0.0832. The standard InChI is InChI=1S/C31H28N2O8S/c1-4-38-21-10-6-17(14-23(21)39-5-2)27-26(28(34)18-7-11-22-24(15-18)41-13-12-40-22)29(35)30(36)33(27)31-32-20-9-8-19(37-3)16-25(20)42-31/h6-11,14-16,27,34H,4-5,12-13H2,1-3H3/t27-/m1/s1. The number of hydrogen-bond donors (Lipinski definition) is 1.